The van der Waals surface area contributed by atoms with Gasteiger partial charge in [0.25, 0.3) is 5.82 Å². The molecule has 0 spiro atoms. The van der Waals surface area contributed by atoms with E-state index in [1.165, 1.54) is 6.42 Å². The summed E-state index contributed by atoms with van der Waals surface area (Å²) in [5.41, 5.74) is -1.78. The van der Waals surface area contributed by atoms with Gasteiger partial charge < -0.3 is 26.8 Å². The highest BCUT2D eigenvalue weighted by Gasteiger charge is 2.52. The molecule has 184 valence electrons. The van der Waals surface area contributed by atoms with E-state index in [-0.39, 0.29) is 36.4 Å². The first-order chi connectivity index (χ1) is 15.3. The summed E-state index contributed by atoms with van der Waals surface area (Å²) in [6.07, 6.45) is 7.28. The van der Waals surface area contributed by atoms with Crippen molar-refractivity contribution in [2.75, 3.05) is 6.61 Å². The molecule has 2 atom stereocenters. The molecule has 1 aliphatic carbocycles. The molecular formula is C25H35BrF2N2O3. The molecule has 8 heteroatoms. The molecule has 0 aliphatic heterocycles. The second-order valence-corrected chi connectivity index (χ2v) is 8.86. The number of nitrogens with zero attached hydrogens (tertiary/aromatic N) is 2. The number of hydrogen-bond acceptors (Lipinski definition) is 3. The summed E-state index contributed by atoms with van der Waals surface area (Å²) in [6.45, 7) is 5.61. The van der Waals surface area contributed by atoms with Crippen LogP contribution in [0.2, 0.25) is 0 Å². The van der Waals surface area contributed by atoms with Crippen LogP contribution in [0.5, 0.6) is 0 Å². The zero-order valence-corrected chi connectivity index (χ0v) is 21.1. The lowest BCUT2D eigenvalue weighted by Gasteiger charge is -2.39. The first-order valence-electron chi connectivity index (χ1n) is 11.7. The highest BCUT2D eigenvalue weighted by molar-refractivity contribution is 5.81. The van der Waals surface area contributed by atoms with Crippen molar-refractivity contribution >= 4 is 5.97 Å². The van der Waals surface area contributed by atoms with Crippen molar-refractivity contribution in [1.29, 1.82) is 0 Å². The molecule has 0 saturated heterocycles. The molecule has 1 aromatic carbocycles. The van der Waals surface area contributed by atoms with E-state index in [1.54, 1.807) is 30.3 Å². The third-order valence-electron chi connectivity index (χ3n) is 6.58. The number of rotatable bonds is 10. The van der Waals surface area contributed by atoms with E-state index < -0.39 is 29.8 Å². The number of ether oxygens (including phenoxy) is 1. The lowest BCUT2D eigenvalue weighted by molar-refractivity contribution is -0.702. The van der Waals surface area contributed by atoms with Crippen LogP contribution >= 0.6 is 0 Å². The summed E-state index contributed by atoms with van der Waals surface area (Å²) in [7, 11) is 0. The summed E-state index contributed by atoms with van der Waals surface area (Å²) in [4.78, 5) is 13.1. The Morgan fingerprint density at radius 3 is 2.70 bits per heavy atom. The van der Waals surface area contributed by atoms with E-state index in [2.05, 4.69) is 11.5 Å². The minimum absolute atomic E-state index is 0. The van der Waals surface area contributed by atoms with E-state index in [9.17, 15) is 18.7 Å². The summed E-state index contributed by atoms with van der Waals surface area (Å²) in [6, 6.07) is 8.34. The maximum absolute atomic E-state index is 14.1. The molecule has 33 heavy (non-hydrogen) atoms. The predicted molar refractivity (Wildman–Crippen MR) is 117 cm³/mol. The summed E-state index contributed by atoms with van der Waals surface area (Å²) in [5.74, 6) is -3.58. The van der Waals surface area contributed by atoms with E-state index >= 15 is 0 Å². The highest BCUT2D eigenvalue weighted by Crippen LogP contribution is 2.45. The smallest absolute Gasteiger partial charge is 0.343 e. The fourth-order valence-corrected chi connectivity index (χ4v) is 4.63. The molecule has 0 amide bonds. The van der Waals surface area contributed by atoms with Gasteiger partial charge in [0.15, 0.2) is 5.60 Å². The van der Waals surface area contributed by atoms with Crippen LogP contribution in [0.1, 0.15) is 63.3 Å². The summed E-state index contributed by atoms with van der Waals surface area (Å²) >= 11 is 0. The number of unbranched alkanes of at least 4 members (excludes halogenated alkanes) is 2. The Labute approximate surface area is 205 Å². The van der Waals surface area contributed by atoms with Gasteiger partial charge in [0.1, 0.15) is 25.5 Å². The van der Waals surface area contributed by atoms with Crippen molar-refractivity contribution in [3.8, 4) is 0 Å². The zero-order valence-electron chi connectivity index (χ0n) is 19.5. The average Bonchev–Trinajstić information content (AvgIpc) is 3.12. The Hall–Kier alpha value is -1.80. The van der Waals surface area contributed by atoms with Crippen molar-refractivity contribution in [3.05, 3.63) is 54.1 Å². The zero-order chi connectivity index (χ0) is 23.2. The number of alkyl halides is 2. The van der Waals surface area contributed by atoms with Crippen LogP contribution in [0.25, 0.3) is 0 Å². The minimum atomic E-state index is -2.89. The molecule has 0 radical (unpaired) electrons. The normalized spacial score (nSPS) is 19.4. The van der Waals surface area contributed by atoms with Crippen LogP contribution in [0.3, 0.4) is 0 Å². The highest BCUT2D eigenvalue weighted by atomic mass is 79.9. The van der Waals surface area contributed by atoms with Crippen LogP contribution in [0, 0.1) is 12.8 Å². The Morgan fingerprint density at radius 2 is 2.03 bits per heavy atom. The SMILES string of the molecule is CCCCC[n+]1ccn(CCOC(=O)[C@](O)(c2ccccc2)[C@H]2CCCC(F)(F)C2)c1C.[Br-]. The molecule has 5 nitrogen and oxygen atoms in total. The standard InChI is InChI=1S/C25H35F2N2O3.BrH/c1-3-4-8-14-28-15-16-29(20(28)2)17-18-32-23(30)25(31,21-10-6-5-7-11-21)22-12-9-13-24(26,27)19-22;/h5-7,10-11,15-16,22,31H,3-4,8-9,12-14,17-19H2,1-2H3;1H/q+1;/p-1/t22-,25-;/m0./s1. The molecule has 1 saturated carbocycles. The van der Waals surface area contributed by atoms with Gasteiger partial charge in [-0.3, -0.25) is 0 Å². The third kappa shape index (κ3) is 6.63. The molecule has 1 fully saturated rings. The van der Waals surface area contributed by atoms with Gasteiger partial charge in [0, 0.05) is 25.7 Å². The second kappa shape index (κ2) is 12.1. The Kier molecular flexibility index (Phi) is 10.0. The molecule has 1 aromatic heterocycles. The topological polar surface area (TPSA) is 55.3 Å². The van der Waals surface area contributed by atoms with E-state index in [0.717, 1.165) is 25.2 Å². The Morgan fingerprint density at radius 1 is 1.30 bits per heavy atom. The lowest BCUT2D eigenvalue weighted by Crippen LogP contribution is -3.00. The Balaban J connectivity index is 0.00000385. The van der Waals surface area contributed by atoms with Crippen LogP contribution in [0.15, 0.2) is 42.7 Å². The van der Waals surface area contributed by atoms with Gasteiger partial charge in [-0.05, 0) is 31.2 Å². The number of halogens is 3. The van der Waals surface area contributed by atoms with Gasteiger partial charge in [-0.25, -0.2) is 22.7 Å². The molecule has 0 bridgehead atoms. The van der Waals surface area contributed by atoms with E-state index in [4.69, 9.17) is 4.74 Å². The van der Waals surface area contributed by atoms with Gasteiger partial charge in [-0.1, -0.05) is 43.7 Å². The Bertz CT molecular complexity index is 891. The molecule has 1 heterocycles. The molecule has 1 aliphatic rings. The van der Waals surface area contributed by atoms with Crippen molar-refractivity contribution in [3.63, 3.8) is 0 Å². The number of imidazole rings is 1. The molecule has 0 unspecified atom stereocenters. The monoisotopic (exact) mass is 528 g/mol. The van der Waals surface area contributed by atoms with Crippen molar-refractivity contribution in [2.24, 2.45) is 5.92 Å². The van der Waals surface area contributed by atoms with E-state index in [0.29, 0.717) is 18.5 Å². The van der Waals surface area contributed by atoms with Crippen molar-refractivity contribution < 1.29 is 45.0 Å². The molecule has 1 N–H and O–H groups in total. The number of aryl methyl sites for hydroxylation is 1. The van der Waals surface area contributed by atoms with Gasteiger partial charge in [-0.2, -0.15) is 0 Å². The second-order valence-electron chi connectivity index (χ2n) is 8.86. The van der Waals surface area contributed by atoms with Crippen LogP contribution in [-0.4, -0.2) is 28.2 Å². The summed E-state index contributed by atoms with van der Waals surface area (Å²) in [5, 5.41) is 11.5. The van der Waals surface area contributed by atoms with Crippen LogP contribution in [-0.2, 0) is 28.2 Å². The molecule has 3 rings (SSSR count). The van der Waals surface area contributed by atoms with Crippen LogP contribution in [0.4, 0.5) is 8.78 Å². The maximum Gasteiger partial charge on any atom is 0.343 e. The van der Waals surface area contributed by atoms with Crippen molar-refractivity contribution in [2.45, 2.75) is 83.4 Å². The number of hydrogen-bond donors (Lipinski definition) is 1. The lowest BCUT2D eigenvalue weighted by atomic mass is 9.72. The van der Waals surface area contributed by atoms with Crippen LogP contribution < -0.4 is 21.5 Å². The summed E-state index contributed by atoms with van der Waals surface area (Å²) < 4.78 is 37.9. The molecule has 2 aromatic rings. The van der Waals surface area contributed by atoms with Gasteiger partial charge in [-0.15, -0.1) is 0 Å². The number of carbonyl (C=O) groups excluding carboxylic acids is 1. The first-order valence-corrected chi connectivity index (χ1v) is 11.7. The average molecular weight is 529 g/mol. The van der Waals surface area contributed by atoms with Gasteiger partial charge in [0.2, 0.25) is 5.92 Å². The minimum Gasteiger partial charge on any atom is -1.00 e. The number of carbonyl (C=O) groups is 1. The van der Waals surface area contributed by atoms with Gasteiger partial charge in [0.05, 0.1) is 6.54 Å². The van der Waals surface area contributed by atoms with E-state index in [1.807, 2.05) is 23.9 Å². The number of aromatic nitrogens is 2. The fourth-order valence-electron chi connectivity index (χ4n) is 4.63. The maximum atomic E-state index is 14.1. The van der Waals surface area contributed by atoms with Gasteiger partial charge >= 0.3 is 5.97 Å². The number of aliphatic hydroxyl groups is 1. The third-order valence-corrected chi connectivity index (χ3v) is 6.58. The van der Waals surface area contributed by atoms with Crippen molar-refractivity contribution in [1.82, 2.24) is 4.57 Å². The first kappa shape index (κ1) is 27.4. The molecular weight excluding hydrogens is 494 g/mol. The quantitative estimate of drug-likeness (QED) is 0.289. The fraction of sp³-hybridized carbons (Fsp3) is 0.600. The number of esters is 1. The largest absolute Gasteiger partial charge is 1.00 e. The number of benzene rings is 1. The predicted octanol–water partition coefficient (Wildman–Crippen LogP) is 1.53.